The van der Waals surface area contributed by atoms with E-state index in [1.54, 1.807) is 12.1 Å². The van der Waals surface area contributed by atoms with E-state index in [-0.39, 0.29) is 12.5 Å². The van der Waals surface area contributed by atoms with Gasteiger partial charge in [0.2, 0.25) is 0 Å². The van der Waals surface area contributed by atoms with Gasteiger partial charge in [0.05, 0.1) is 5.56 Å². The second kappa shape index (κ2) is 15.5. The van der Waals surface area contributed by atoms with Crippen LogP contribution in [0, 0.1) is 0 Å². The maximum absolute atomic E-state index is 12.7. The fraction of sp³-hybridized carbons (Fsp3) is 0.552. The van der Waals surface area contributed by atoms with Crippen LogP contribution in [0.25, 0.3) is 0 Å². The Labute approximate surface area is 205 Å². The van der Waals surface area contributed by atoms with Crippen LogP contribution >= 0.6 is 0 Å². The Morgan fingerprint density at radius 3 is 2.12 bits per heavy atom. The molecular formula is C29H42N2O3. The van der Waals surface area contributed by atoms with Gasteiger partial charge in [-0.25, -0.2) is 0 Å². The molecule has 5 nitrogen and oxygen atoms in total. The van der Waals surface area contributed by atoms with Crippen molar-refractivity contribution in [3.8, 4) is 5.75 Å². The summed E-state index contributed by atoms with van der Waals surface area (Å²) < 4.78 is 5.87. The summed E-state index contributed by atoms with van der Waals surface area (Å²) in [6.45, 7) is 1.12. The van der Waals surface area contributed by atoms with E-state index in [1.807, 2.05) is 42.5 Å². The molecule has 0 heterocycles. The van der Waals surface area contributed by atoms with Crippen molar-refractivity contribution in [2.75, 3.05) is 13.2 Å². The number of aliphatic hydroxyl groups excluding tert-OH is 1. The number of amides is 1. The van der Waals surface area contributed by atoms with Gasteiger partial charge in [-0.15, -0.1) is 0 Å². The van der Waals surface area contributed by atoms with Gasteiger partial charge in [-0.05, 0) is 30.5 Å². The number of ether oxygens (including phenoxy) is 1. The van der Waals surface area contributed by atoms with E-state index < -0.39 is 6.10 Å². The molecule has 1 atom stereocenters. The van der Waals surface area contributed by atoms with Crippen LogP contribution in [0.2, 0.25) is 0 Å². The number of nitrogens with one attached hydrogen (secondary N) is 2. The van der Waals surface area contributed by atoms with Crippen LogP contribution in [0.1, 0.15) is 86.6 Å². The quantitative estimate of drug-likeness (QED) is 0.449. The van der Waals surface area contributed by atoms with Crippen molar-refractivity contribution in [1.29, 1.82) is 0 Å². The molecular weight excluding hydrogens is 424 g/mol. The third-order valence-corrected chi connectivity index (χ3v) is 6.61. The van der Waals surface area contributed by atoms with Gasteiger partial charge in [0.1, 0.15) is 18.5 Å². The van der Waals surface area contributed by atoms with Crippen LogP contribution in [0.15, 0.2) is 54.6 Å². The van der Waals surface area contributed by atoms with Gasteiger partial charge in [0, 0.05) is 19.1 Å². The lowest BCUT2D eigenvalue weighted by Crippen LogP contribution is -2.38. The molecule has 0 saturated heterocycles. The molecule has 0 radical (unpaired) electrons. The summed E-state index contributed by atoms with van der Waals surface area (Å²) in [5, 5.41) is 17.1. The first kappa shape index (κ1) is 26.2. The third kappa shape index (κ3) is 9.86. The van der Waals surface area contributed by atoms with Crippen LogP contribution in [-0.4, -0.2) is 36.3 Å². The highest BCUT2D eigenvalue weighted by atomic mass is 16.5. The minimum absolute atomic E-state index is 0.155. The lowest BCUT2D eigenvalue weighted by atomic mass is 9.98. The Bertz CT molecular complexity index is 815. The number of hydrogen-bond acceptors (Lipinski definition) is 4. The summed E-state index contributed by atoms with van der Waals surface area (Å²) in [6, 6.07) is 17.5. The van der Waals surface area contributed by atoms with Crippen LogP contribution < -0.4 is 15.4 Å². The Kier molecular flexibility index (Phi) is 12.0. The van der Waals surface area contributed by atoms with E-state index in [2.05, 4.69) is 10.6 Å². The Hall–Kier alpha value is -2.37. The Morgan fingerprint density at radius 2 is 1.44 bits per heavy atom. The van der Waals surface area contributed by atoms with E-state index in [1.165, 1.54) is 70.6 Å². The van der Waals surface area contributed by atoms with E-state index in [0.717, 1.165) is 5.56 Å². The Morgan fingerprint density at radius 1 is 0.853 bits per heavy atom. The predicted molar refractivity (Wildman–Crippen MR) is 138 cm³/mol. The van der Waals surface area contributed by atoms with Crippen molar-refractivity contribution in [1.82, 2.24) is 10.6 Å². The largest absolute Gasteiger partial charge is 0.490 e. The molecule has 0 aliphatic heterocycles. The van der Waals surface area contributed by atoms with Gasteiger partial charge in [-0.1, -0.05) is 100 Å². The zero-order chi connectivity index (χ0) is 23.8. The molecule has 2 aromatic rings. The topological polar surface area (TPSA) is 70.6 Å². The monoisotopic (exact) mass is 466 g/mol. The van der Waals surface area contributed by atoms with Crippen molar-refractivity contribution in [3.05, 3.63) is 65.7 Å². The fourth-order valence-corrected chi connectivity index (χ4v) is 4.57. The number of para-hydroxylation sites is 1. The lowest BCUT2D eigenvalue weighted by molar-refractivity contribution is 0.0917. The van der Waals surface area contributed by atoms with Crippen LogP contribution in [-0.2, 0) is 6.54 Å². The van der Waals surface area contributed by atoms with Crippen molar-refractivity contribution in [2.45, 2.75) is 89.3 Å². The number of benzene rings is 2. The van der Waals surface area contributed by atoms with E-state index >= 15 is 0 Å². The third-order valence-electron chi connectivity index (χ3n) is 6.61. The molecule has 0 spiro atoms. The number of aliphatic hydroxyl groups is 1. The average molecular weight is 467 g/mol. The van der Waals surface area contributed by atoms with Crippen molar-refractivity contribution in [2.24, 2.45) is 0 Å². The summed E-state index contributed by atoms with van der Waals surface area (Å²) in [5.41, 5.74) is 1.53. The number of hydrogen-bond donors (Lipinski definition) is 3. The van der Waals surface area contributed by atoms with Gasteiger partial charge >= 0.3 is 0 Å². The van der Waals surface area contributed by atoms with Gasteiger partial charge in [0.25, 0.3) is 5.91 Å². The van der Waals surface area contributed by atoms with Gasteiger partial charge in [0.15, 0.2) is 0 Å². The molecule has 1 saturated carbocycles. The molecule has 186 valence electrons. The van der Waals surface area contributed by atoms with Gasteiger partial charge in [-0.3, -0.25) is 4.79 Å². The van der Waals surface area contributed by atoms with E-state index in [9.17, 15) is 9.90 Å². The van der Waals surface area contributed by atoms with Crippen molar-refractivity contribution >= 4 is 5.91 Å². The van der Waals surface area contributed by atoms with Crippen LogP contribution in [0.4, 0.5) is 0 Å². The van der Waals surface area contributed by atoms with Crippen molar-refractivity contribution < 1.29 is 14.6 Å². The molecule has 0 bridgehead atoms. The molecule has 2 aromatic carbocycles. The SMILES string of the molecule is O=C(NCc1ccccc1)c1ccccc1OCC(O)CNC1CCCCCCCCCCC1. The summed E-state index contributed by atoms with van der Waals surface area (Å²) in [6.07, 6.45) is 13.7. The van der Waals surface area contributed by atoms with Crippen LogP contribution in [0.5, 0.6) is 5.75 Å². The average Bonchev–Trinajstić information content (AvgIpc) is 2.86. The first-order chi connectivity index (χ1) is 16.7. The first-order valence-corrected chi connectivity index (χ1v) is 13.2. The van der Waals surface area contributed by atoms with Crippen molar-refractivity contribution in [3.63, 3.8) is 0 Å². The molecule has 1 unspecified atom stereocenters. The van der Waals surface area contributed by atoms with E-state index in [0.29, 0.717) is 30.4 Å². The molecule has 1 aliphatic rings. The molecule has 34 heavy (non-hydrogen) atoms. The minimum Gasteiger partial charge on any atom is -0.490 e. The highest BCUT2D eigenvalue weighted by Gasteiger charge is 2.15. The molecule has 3 rings (SSSR count). The lowest BCUT2D eigenvalue weighted by Gasteiger charge is -2.22. The predicted octanol–water partition coefficient (Wildman–Crippen LogP) is 5.62. The molecule has 1 aliphatic carbocycles. The van der Waals surface area contributed by atoms with E-state index in [4.69, 9.17) is 4.74 Å². The highest BCUT2D eigenvalue weighted by Crippen LogP contribution is 2.19. The molecule has 1 fully saturated rings. The molecule has 3 N–H and O–H groups in total. The standard InChI is InChI=1S/C29H42N2O3/c32-26(22-30-25-17-11-6-4-2-1-3-5-7-12-18-25)23-34-28-20-14-13-19-27(28)29(33)31-21-24-15-9-8-10-16-24/h8-10,13-16,19-20,25-26,30,32H,1-7,11-12,17-18,21-23H2,(H,31,33). The second-order valence-corrected chi connectivity index (χ2v) is 9.49. The van der Waals surface area contributed by atoms with Gasteiger partial charge in [-0.2, -0.15) is 0 Å². The summed E-state index contributed by atoms with van der Waals surface area (Å²) in [7, 11) is 0. The highest BCUT2D eigenvalue weighted by molar-refractivity contribution is 5.96. The Balaban J connectivity index is 1.43. The number of carbonyl (C=O) groups is 1. The fourth-order valence-electron chi connectivity index (χ4n) is 4.57. The summed E-state index contributed by atoms with van der Waals surface area (Å²) in [5.74, 6) is 0.318. The minimum atomic E-state index is -0.623. The normalized spacial score (nSPS) is 17.2. The smallest absolute Gasteiger partial charge is 0.255 e. The summed E-state index contributed by atoms with van der Waals surface area (Å²) in [4.78, 5) is 12.7. The summed E-state index contributed by atoms with van der Waals surface area (Å²) >= 11 is 0. The second-order valence-electron chi connectivity index (χ2n) is 9.49. The van der Waals surface area contributed by atoms with Crippen LogP contribution in [0.3, 0.4) is 0 Å². The number of rotatable bonds is 9. The van der Waals surface area contributed by atoms with Gasteiger partial charge < -0.3 is 20.5 Å². The first-order valence-electron chi connectivity index (χ1n) is 13.2. The number of carbonyl (C=O) groups excluding carboxylic acids is 1. The zero-order valence-electron chi connectivity index (χ0n) is 20.5. The maximum Gasteiger partial charge on any atom is 0.255 e. The molecule has 1 amide bonds. The zero-order valence-corrected chi connectivity index (χ0v) is 20.5. The molecule has 5 heteroatoms. The maximum atomic E-state index is 12.7. The molecule has 0 aromatic heterocycles.